The molecule has 6 nitrogen and oxygen atoms in total. The van der Waals surface area contributed by atoms with E-state index >= 15 is 0 Å². The van der Waals surface area contributed by atoms with Gasteiger partial charge in [-0.25, -0.2) is 4.98 Å². The van der Waals surface area contributed by atoms with Crippen LogP contribution in [0.15, 0.2) is 16.8 Å². The van der Waals surface area contributed by atoms with Crippen molar-refractivity contribution in [1.82, 2.24) is 20.4 Å². The van der Waals surface area contributed by atoms with Crippen LogP contribution in [0.5, 0.6) is 0 Å². The van der Waals surface area contributed by atoms with E-state index in [-0.39, 0.29) is 12.0 Å². The largest absolute Gasteiger partial charge is 0.379 e. The third kappa shape index (κ3) is 2.52. The molecule has 8 heteroatoms. The highest BCUT2D eigenvalue weighted by atomic mass is 35.5. The van der Waals surface area contributed by atoms with Crippen LogP contribution >= 0.6 is 23.2 Å². The van der Waals surface area contributed by atoms with Crippen molar-refractivity contribution in [2.24, 2.45) is 0 Å². The molecule has 0 spiro atoms. The van der Waals surface area contributed by atoms with Crippen LogP contribution < -0.4 is 5.32 Å². The molecule has 0 aliphatic carbocycles. The number of nitrogens with zero attached hydrogens (tertiary/aromatic N) is 3. The molecule has 1 aliphatic heterocycles. The number of nitrogens with one attached hydrogen (secondary N) is 1. The zero-order valence-corrected chi connectivity index (χ0v) is 12.1. The first-order chi connectivity index (χ1) is 9.69. The molecule has 2 aromatic heterocycles. The summed E-state index contributed by atoms with van der Waals surface area (Å²) in [6.45, 7) is 1.17. The van der Waals surface area contributed by atoms with Crippen molar-refractivity contribution < 1.29 is 9.26 Å². The molecule has 2 aromatic rings. The van der Waals surface area contributed by atoms with Crippen molar-refractivity contribution in [3.63, 3.8) is 0 Å². The molecule has 0 radical (unpaired) electrons. The lowest BCUT2D eigenvalue weighted by Crippen LogP contribution is -2.31. The Kier molecular flexibility index (Phi) is 3.89. The molecule has 0 bridgehead atoms. The van der Waals surface area contributed by atoms with Gasteiger partial charge >= 0.3 is 0 Å². The first kappa shape index (κ1) is 13.8. The van der Waals surface area contributed by atoms with Crippen LogP contribution in [0.25, 0.3) is 11.5 Å². The summed E-state index contributed by atoms with van der Waals surface area (Å²) in [5.74, 6) is 0.903. The quantitative estimate of drug-likeness (QED) is 0.935. The van der Waals surface area contributed by atoms with E-state index in [4.69, 9.17) is 32.5 Å². The van der Waals surface area contributed by atoms with Crippen LogP contribution in [0, 0.1) is 0 Å². The molecule has 106 valence electrons. The van der Waals surface area contributed by atoms with Gasteiger partial charge in [0.05, 0.1) is 29.2 Å². The topological polar surface area (TPSA) is 73.1 Å². The van der Waals surface area contributed by atoms with Gasteiger partial charge in [-0.05, 0) is 13.1 Å². The van der Waals surface area contributed by atoms with Gasteiger partial charge in [0.15, 0.2) is 0 Å². The van der Waals surface area contributed by atoms with Crippen LogP contribution in [-0.2, 0) is 4.74 Å². The fourth-order valence-corrected chi connectivity index (χ4v) is 2.61. The summed E-state index contributed by atoms with van der Waals surface area (Å²) in [4.78, 5) is 8.49. The third-order valence-electron chi connectivity index (χ3n) is 3.23. The number of ether oxygens (including phenoxy) is 1. The van der Waals surface area contributed by atoms with Crippen molar-refractivity contribution in [2.75, 3.05) is 20.3 Å². The summed E-state index contributed by atoms with van der Waals surface area (Å²) in [6, 6.07) is 1.76. The molecule has 0 aromatic carbocycles. The van der Waals surface area contributed by atoms with E-state index in [0.717, 1.165) is 0 Å². The van der Waals surface area contributed by atoms with Crippen molar-refractivity contribution in [2.45, 2.75) is 12.0 Å². The minimum absolute atomic E-state index is 0.0346. The predicted octanol–water partition coefficient (Wildman–Crippen LogP) is 2.14. The summed E-state index contributed by atoms with van der Waals surface area (Å²) >= 11 is 11.9. The highest BCUT2D eigenvalue weighted by Crippen LogP contribution is 2.29. The highest BCUT2D eigenvalue weighted by Gasteiger charge is 2.33. The van der Waals surface area contributed by atoms with Crippen molar-refractivity contribution in [1.29, 1.82) is 0 Å². The van der Waals surface area contributed by atoms with Gasteiger partial charge in [-0.15, -0.1) is 0 Å². The molecule has 2 unspecified atom stereocenters. The smallest absolute Gasteiger partial charge is 0.234 e. The summed E-state index contributed by atoms with van der Waals surface area (Å²) in [7, 11) is 1.88. The SMILES string of the molecule is CNC1COCC1c1nc(-c2ncc(Cl)cc2Cl)no1. The third-order valence-corrected chi connectivity index (χ3v) is 3.72. The van der Waals surface area contributed by atoms with Crippen molar-refractivity contribution in [3.05, 3.63) is 28.2 Å². The van der Waals surface area contributed by atoms with Gasteiger partial charge in [0, 0.05) is 12.2 Å². The van der Waals surface area contributed by atoms with Gasteiger partial charge in [-0.1, -0.05) is 28.4 Å². The summed E-state index contributed by atoms with van der Waals surface area (Å²) < 4.78 is 10.7. The Bertz CT molecular complexity index is 619. The highest BCUT2D eigenvalue weighted by molar-refractivity contribution is 6.35. The molecule has 1 N–H and O–H groups in total. The number of hydrogen-bond acceptors (Lipinski definition) is 6. The Morgan fingerprint density at radius 2 is 2.20 bits per heavy atom. The van der Waals surface area contributed by atoms with E-state index in [1.807, 2.05) is 7.05 Å². The maximum Gasteiger partial charge on any atom is 0.234 e. The first-order valence-corrected chi connectivity index (χ1v) is 6.84. The number of pyridine rings is 1. The van der Waals surface area contributed by atoms with Crippen molar-refractivity contribution >= 4 is 23.2 Å². The number of hydrogen-bond donors (Lipinski definition) is 1. The van der Waals surface area contributed by atoms with Gasteiger partial charge in [0.1, 0.15) is 5.69 Å². The Hall–Kier alpha value is -1.21. The normalized spacial score (nSPS) is 22.4. The van der Waals surface area contributed by atoms with Gasteiger partial charge in [-0.3, -0.25) is 0 Å². The maximum absolute atomic E-state index is 6.08. The molecule has 0 saturated carbocycles. The number of likely N-dealkylation sites (N-methyl/N-ethyl adjacent to an activating group) is 1. The van der Waals surface area contributed by atoms with E-state index in [1.165, 1.54) is 6.20 Å². The lowest BCUT2D eigenvalue weighted by Gasteiger charge is -2.11. The van der Waals surface area contributed by atoms with E-state index in [0.29, 0.717) is 40.7 Å². The van der Waals surface area contributed by atoms with Crippen LogP contribution in [0.3, 0.4) is 0 Å². The van der Waals surface area contributed by atoms with Crippen LogP contribution in [0.4, 0.5) is 0 Å². The first-order valence-electron chi connectivity index (χ1n) is 6.09. The molecular formula is C12H12Cl2N4O2. The second kappa shape index (κ2) is 5.65. The summed E-state index contributed by atoms with van der Waals surface area (Å²) in [5, 5.41) is 7.95. The number of halogens is 2. The molecule has 3 heterocycles. The molecule has 0 amide bonds. The zero-order chi connectivity index (χ0) is 14.1. The van der Waals surface area contributed by atoms with E-state index in [1.54, 1.807) is 6.07 Å². The van der Waals surface area contributed by atoms with Gasteiger partial charge in [-0.2, -0.15) is 4.98 Å². The fraction of sp³-hybridized carbons (Fsp3) is 0.417. The van der Waals surface area contributed by atoms with Crippen LogP contribution in [0.1, 0.15) is 11.8 Å². The number of aromatic nitrogens is 3. The fourth-order valence-electron chi connectivity index (χ4n) is 2.14. The molecule has 1 aliphatic rings. The second-order valence-electron chi connectivity index (χ2n) is 4.48. The summed E-state index contributed by atoms with van der Waals surface area (Å²) in [6.07, 6.45) is 1.49. The Balaban J connectivity index is 1.90. The lowest BCUT2D eigenvalue weighted by atomic mass is 10.0. The predicted molar refractivity (Wildman–Crippen MR) is 74.0 cm³/mol. The molecule has 1 fully saturated rings. The average Bonchev–Trinajstić information content (AvgIpc) is 3.06. The Morgan fingerprint density at radius 3 is 2.95 bits per heavy atom. The van der Waals surface area contributed by atoms with E-state index in [9.17, 15) is 0 Å². The van der Waals surface area contributed by atoms with Gasteiger partial charge in [0.25, 0.3) is 0 Å². The van der Waals surface area contributed by atoms with Crippen molar-refractivity contribution in [3.8, 4) is 11.5 Å². The Labute approximate surface area is 125 Å². The van der Waals surface area contributed by atoms with E-state index in [2.05, 4.69) is 20.4 Å². The lowest BCUT2D eigenvalue weighted by molar-refractivity contribution is 0.185. The van der Waals surface area contributed by atoms with Crippen LogP contribution in [-0.4, -0.2) is 41.4 Å². The zero-order valence-electron chi connectivity index (χ0n) is 10.6. The molecule has 1 saturated heterocycles. The van der Waals surface area contributed by atoms with Crippen LogP contribution in [0.2, 0.25) is 10.0 Å². The molecular weight excluding hydrogens is 303 g/mol. The van der Waals surface area contributed by atoms with Gasteiger partial charge < -0.3 is 14.6 Å². The minimum Gasteiger partial charge on any atom is -0.379 e. The minimum atomic E-state index is 0.0346. The second-order valence-corrected chi connectivity index (χ2v) is 5.32. The number of rotatable bonds is 3. The van der Waals surface area contributed by atoms with E-state index < -0.39 is 0 Å². The molecule has 20 heavy (non-hydrogen) atoms. The maximum atomic E-state index is 6.08. The standard InChI is InChI=1S/C12H12Cl2N4O2/c1-15-9-5-19-4-7(9)12-17-11(18-20-12)10-8(14)2-6(13)3-16-10/h2-3,7,9,15H,4-5H2,1H3. The monoisotopic (exact) mass is 314 g/mol. The molecule has 3 rings (SSSR count). The summed E-state index contributed by atoms with van der Waals surface area (Å²) in [5.41, 5.74) is 0.450. The molecule has 2 atom stereocenters. The average molecular weight is 315 g/mol. The Morgan fingerprint density at radius 1 is 1.35 bits per heavy atom. The van der Waals surface area contributed by atoms with Gasteiger partial charge in [0.2, 0.25) is 11.7 Å².